The summed E-state index contributed by atoms with van der Waals surface area (Å²) in [4.78, 5) is 6.04. The maximum Gasteiger partial charge on any atom is 0.107 e. The Hall–Kier alpha value is -0.280. The summed E-state index contributed by atoms with van der Waals surface area (Å²) < 4.78 is 0. The predicted molar refractivity (Wildman–Crippen MR) is 73.8 cm³/mol. The van der Waals surface area contributed by atoms with Gasteiger partial charge in [0.05, 0.1) is 0 Å². The van der Waals surface area contributed by atoms with Gasteiger partial charge in [0.2, 0.25) is 0 Å². The van der Waals surface area contributed by atoms with Gasteiger partial charge in [0.1, 0.15) is 6.10 Å². The summed E-state index contributed by atoms with van der Waals surface area (Å²) in [6.45, 7) is 3.24. The van der Waals surface area contributed by atoms with Crippen LogP contribution < -0.4 is 0 Å². The van der Waals surface area contributed by atoms with Crippen LogP contribution in [0.5, 0.6) is 0 Å². The van der Waals surface area contributed by atoms with Crippen LogP contribution >= 0.6 is 23.2 Å². The number of hydrogen-bond donors (Lipinski definition) is 0. The van der Waals surface area contributed by atoms with Crippen molar-refractivity contribution in [2.75, 3.05) is 6.54 Å². The monoisotopic (exact) mass is 285 g/mol. The molecule has 1 aromatic rings. The van der Waals surface area contributed by atoms with Crippen LogP contribution in [0.2, 0.25) is 10.0 Å². The summed E-state index contributed by atoms with van der Waals surface area (Å²) in [6.07, 6.45) is 3.76. The summed E-state index contributed by atoms with van der Waals surface area (Å²) >= 11 is 12.1. The van der Waals surface area contributed by atoms with Crippen molar-refractivity contribution < 1.29 is 4.84 Å². The third-order valence-electron chi connectivity index (χ3n) is 3.94. The van der Waals surface area contributed by atoms with Crippen molar-refractivity contribution >= 4 is 23.2 Å². The Bertz CT molecular complexity index is 447. The van der Waals surface area contributed by atoms with Crippen molar-refractivity contribution in [3.63, 3.8) is 0 Å². The summed E-state index contributed by atoms with van der Waals surface area (Å²) in [5.41, 5.74) is 1.05. The fourth-order valence-electron chi connectivity index (χ4n) is 2.60. The van der Waals surface area contributed by atoms with Gasteiger partial charge in [-0.1, -0.05) is 29.3 Å². The summed E-state index contributed by atoms with van der Waals surface area (Å²) in [5, 5.41) is 3.51. The number of nitrogens with zero attached hydrogens (tertiary/aromatic N) is 1. The zero-order valence-corrected chi connectivity index (χ0v) is 11.9. The third-order valence-corrected chi connectivity index (χ3v) is 4.50. The van der Waals surface area contributed by atoms with Crippen molar-refractivity contribution in [1.29, 1.82) is 0 Å². The molecule has 2 unspecified atom stereocenters. The molecule has 0 N–H and O–H groups in total. The lowest BCUT2D eigenvalue weighted by Gasteiger charge is -2.23. The van der Waals surface area contributed by atoms with E-state index in [0.717, 1.165) is 24.4 Å². The fourth-order valence-corrected chi connectivity index (χ4v) is 3.13. The molecule has 1 heterocycles. The van der Waals surface area contributed by atoms with Gasteiger partial charge in [-0.25, -0.2) is 0 Å². The average Bonchev–Trinajstić information content (AvgIpc) is 3.07. The van der Waals surface area contributed by atoms with Gasteiger partial charge in [-0.15, -0.1) is 0 Å². The van der Waals surface area contributed by atoms with E-state index in [9.17, 15) is 0 Å². The quantitative estimate of drug-likeness (QED) is 0.812. The van der Waals surface area contributed by atoms with Crippen LogP contribution in [0.25, 0.3) is 0 Å². The molecule has 0 spiro atoms. The second kappa shape index (κ2) is 5.01. The molecule has 4 heteroatoms. The molecular formula is C14H17Cl2NO. The van der Waals surface area contributed by atoms with Gasteiger partial charge in [-0.3, -0.25) is 4.84 Å². The molecule has 2 fully saturated rings. The topological polar surface area (TPSA) is 12.5 Å². The van der Waals surface area contributed by atoms with Crippen molar-refractivity contribution in [1.82, 2.24) is 5.06 Å². The first-order valence-electron chi connectivity index (χ1n) is 6.53. The fraction of sp³-hybridized carbons (Fsp3) is 0.571. The maximum atomic E-state index is 6.23. The zero-order chi connectivity index (χ0) is 12.7. The molecule has 18 heavy (non-hydrogen) atoms. The Balaban J connectivity index is 1.70. The molecule has 98 valence electrons. The van der Waals surface area contributed by atoms with Crippen LogP contribution in [0.15, 0.2) is 18.2 Å². The van der Waals surface area contributed by atoms with Crippen LogP contribution in [0.1, 0.15) is 37.9 Å². The molecule has 2 aliphatic rings. The van der Waals surface area contributed by atoms with Crippen LogP contribution in [0.3, 0.4) is 0 Å². The minimum absolute atomic E-state index is 0.0796. The normalized spacial score (nSPS) is 26.5. The minimum Gasteiger partial charge on any atom is -0.291 e. The molecule has 3 rings (SSSR count). The number of halogens is 2. The number of benzene rings is 1. The largest absolute Gasteiger partial charge is 0.291 e. The number of hydrogen-bond acceptors (Lipinski definition) is 2. The van der Waals surface area contributed by atoms with Crippen molar-refractivity contribution in [3.8, 4) is 0 Å². The lowest BCUT2D eigenvalue weighted by atomic mass is 10.1. The predicted octanol–water partition coefficient (Wildman–Crippen LogP) is 4.47. The summed E-state index contributed by atoms with van der Waals surface area (Å²) in [5.74, 6) is 0.824. The van der Waals surface area contributed by atoms with E-state index in [2.05, 4.69) is 12.0 Å². The standard InChI is InChI=1S/C14H17Cl2NO/c1-9(10-2-3-10)17-7-6-14(18-17)12-5-4-11(15)8-13(12)16/h4-5,8-10,14H,2-3,6-7H2,1H3. The Morgan fingerprint density at radius 1 is 1.28 bits per heavy atom. The lowest BCUT2D eigenvalue weighted by Crippen LogP contribution is -2.30. The highest BCUT2D eigenvalue weighted by atomic mass is 35.5. The summed E-state index contributed by atoms with van der Waals surface area (Å²) in [7, 11) is 0. The van der Waals surface area contributed by atoms with Gasteiger partial charge >= 0.3 is 0 Å². The number of hydroxylamine groups is 2. The van der Waals surface area contributed by atoms with Crippen LogP contribution in [-0.2, 0) is 4.84 Å². The van der Waals surface area contributed by atoms with Crippen LogP contribution in [-0.4, -0.2) is 17.6 Å². The molecule has 0 radical (unpaired) electrons. The summed E-state index contributed by atoms with van der Waals surface area (Å²) in [6, 6.07) is 6.16. The number of rotatable bonds is 3. The molecule has 0 bridgehead atoms. The first kappa shape index (κ1) is 12.7. The van der Waals surface area contributed by atoms with Crippen molar-refractivity contribution in [2.45, 2.75) is 38.3 Å². The van der Waals surface area contributed by atoms with E-state index in [1.165, 1.54) is 12.8 Å². The van der Waals surface area contributed by atoms with Gasteiger partial charge in [0, 0.05) is 28.2 Å². The molecule has 1 saturated heterocycles. The van der Waals surface area contributed by atoms with E-state index in [4.69, 9.17) is 28.0 Å². The molecule has 1 aliphatic heterocycles. The van der Waals surface area contributed by atoms with Gasteiger partial charge in [-0.2, -0.15) is 5.06 Å². The molecule has 1 aromatic carbocycles. The van der Waals surface area contributed by atoms with E-state index in [1.807, 2.05) is 12.1 Å². The molecule has 2 atom stereocenters. The van der Waals surface area contributed by atoms with Gasteiger partial charge < -0.3 is 0 Å². The zero-order valence-electron chi connectivity index (χ0n) is 10.4. The van der Waals surface area contributed by atoms with Gasteiger partial charge in [0.15, 0.2) is 0 Å². The van der Waals surface area contributed by atoms with E-state index < -0.39 is 0 Å². The maximum absolute atomic E-state index is 6.23. The molecule has 1 aliphatic carbocycles. The highest BCUT2D eigenvalue weighted by Gasteiger charge is 2.37. The van der Waals surface area contributed by atoms with Crippen molar-refractivity contribution in [3.05, 3.63) is 33.8 Å². The molecule has 0 aromatic heterocycles. The highest BCUT2D eigenvalue weighted by Crippen LogP contribution is 2.40. The van der Waals surface area contributed by atoms with Crippen molar-refractivity contribution in [2.24, 2.45) is 5.92 Å². The molecule has 0 amide bonds. The Kier molecular flexibility index (Phi) is 3.55. The first-order valence-corrected chi connectivity index (χ1v) is 7.29. The van der Waals surface area contributed by atoms with Gasteiger partial charge in [0.25, 0.3) is 0 Å². The van der Waals surface area contributed by atoms with Crippen LogP contribution in [0.4, 0.5) is 0 Å². The molecule has 1 saturated carbocycles. The van der Waals surface area contributed by atoms with E-state index in [1.54, 1.807) is 6.07 Å². The van der Waals surface area contributed by atoms with Crippen LogP contribution in [0, 0.1) is 5.92 Å². The second-order valence-electron chi connectivity index (χ2n) is 5.27. The average molecular weight is 286 g/mol. The smallest absolute Gasteiger partial charge is 0.107 e. The second-order valence-corrected chi connectivity index (χ2v) is 6.11. The molecule has 2 nitrogen and oxygen atoms in total. The Morgan fingerprint density at radius 2 is 2.06 bits per heavy atom. The molecular weight excluding hydrogens is 269 g/mol. The lowest BCUT2D eigenvalue weighted by molar-refractivity contribution is -0.174. The van der Waals surface area contributed by atoms with E-state index in [-0.39, 0.29) is 6.10 Å². The van der Waals surface area contributed by atoms with E-state index in [0.29, 0.717) is 16.1 Å². The third kappa shape index (κ3) is 2.53. The SMILES string of the molecule is CC(C1CC1)N1CCC(c2ccc(Cl)cc2Cl)O1. The Morgan fingerprint density at radius 3 is 2.72 bits per heavy atom. The minimum atomic E-state index is 0.0796. The van der Waals surface area contributed by atoms with Gasteiger partial charge in [-0.05, 0) is 44.2 Å². The first-order chi connectivity index (χ1) is 8.65. The Labute approximate surface area is 118 Å². The highest BCUT2D eigenvalue weighted by molar-refractivity contribution is 6.35. The van der Waals surface area contributed by atoms with E-state index >= 15 is 0 Å².